The summed E-state index contributed by atoms with van der Waals surface area (Å²) >= 11 is 3.43. The van der Waals surface area contributed by atoms with Gasteiger partial charge >= 0.3 is 6.09 Å². The summed E-state index contributed by atoms with van der Waals surface area (Å²) in [5, 5.41) is 0. The van der Waals surface area contributed by atoms with E-state index in [1.807, 2.05) is 38.1 Å². The minimum atomic E-state index is -1.01. The Labute approximate surface area is 172 Å². The summed E-state index contributed by atoms with van der Waals surface area (Å²) in [6.45, 7) is 5.03. The number of hydrogen-bond acceptors (Lipinski definition) is 3. The molecule has 3 atom stereocenters. The van der Waals surface area contributed by atoms with Crippen molar-refractivity contribution in [2.24, 2.45) is 0 Å². The summed E-state index contributed by atoms with van der Waals surface area (Å²) in [6.07, 6.45) is 0.543. The van der Waals surface area contributed by atoms with Crippen molar-refractivity contribution >= 4 is 22.0 Å². The Balaban J connectivity index is 1.61. The van der Waals surface area contributed by atoms with E-state index in [9.17, 15) is 9.18 Å². The molecule has 0 N–H and O–H groups in total. The summed E-state index contributed by atoms with van der Waals surface area (Å²) in [5.41, 5.74) is 0.0677. The van der Waals surface area contributed by atoms with Gasteiger partial charge in [-0.3, -0.25) is 0 Å². The molecule has 2 aliphatic heterocycles. The zero-order chi connectivity index (χ0) is 19.9. The third kappa shape index (κ3) is 3.67. The van der Waals surface area contributed by atoms with Gasteiger partial charge in [0.1, 0.15) is 11.4 Å². The Kier molecular flexibility index (Phi) is 4.96. The lowest BCUT2D eigenvalue weighted by atomic mass is 9.81. The summed E-state index contributed by atoms with van der Waals surface area (Å²) < 4.78 is 27.2. The highest BCUT2D eigenvalue weighted by atomic mass is 79.9. The predicted molar refractivity (Wildman–Crippen MR) is 107 cm³/mol. The van der Waals surface area contributed by atoms with Gasteiger partial charge in [-0.05, 0) is 37.6 Å². The Bertz CT molecular complexity index is 884. The molecule has 28 heavy (non-hydrogen) atoms. The average Bonchev–Trinajstić information content (AvgIpc) is 3.38. The third-order valence-corrected chi connectivity index (χ3v) is 6.28. The minimum absolute atomic E-state index is 0.132. The molecular weight excluding hydrogens is 425 g/mol. The first-order chi connectivity index (χ1) is 13.3. The number of epoxide rings is 1. The number of halogens is 2. The van der Waals surface area contributed by atoms with Gasteiger partial charge in [0, 0.05) is 29.4 Å². The fourth-order valence-corrected chi connectivity index (χ4v) is 4.28. The number of ether oxygens (including phenoxy) is 2. The predicted octanol–water partition coefficient (Wildman–Crippen LogP) is 5.57. The lowest BCUT2D eigenvalue weighted by molar-refractivity contribution is -0.0767. The fraction of sp³-hybridized carbons (Fsp3) is 0.409. The van der Waals surface area contributed by atoms with Crippen LogP contribution in [-0.2, 0) is 15.1 Å². The van der Waals surface area contributed by atoms with Crippen molar-refractivity contribution in [3.8, 4) is 0 Å². The van der Waals surface area contributed by atoms with Crippen LogP contribution in [0.4, 0.5) is 9.18 Å². The topological polar surface area (TPSA) is 42.1 Å². The standard InChI is InChI=1S/C22H23BrFNO3/c1-15(16-7-9-17(23)10-8-16)25-12-11-22(28-20(25)26,13-21(2)14-27-21)18-5-3-4-6-19(18)24/h3-10,15H,11-14H2,1-2H3. The monoisotopic (exact) mass is 447 g/mol. The van der Waals surface area contributed by atoms with E-state index in [0.717, 1.165) is 10.0 Å². The molecule has 0 aliphatic carbocycles. The van der Waals surface area contributed by atoms with Gasteiger partial charge in [0.25, 0.3) is 0 Å². The van der Waals surface area contributed by atoms with Crippen LogP contribution in [0.25, 0.3) is 0 Å². The molecule has 0 bridgehead atoms. The van der Waals surface area contributed by atoms with Crippen LogP contribution in [0.5, 0.6) is 0 Å². The van der Waals surface area contributed by atoms with Crippen molar-refractivity contribution in [1.82, 2.24) is 4.90 Å². The number of hydrogen-bond donors (Lipinski definition) is 0. The molecule has 0 spiro atoms. The number of cyclic esters (lactones) is 1. The maximum Gasteiger partial charge on any atom is 0.411 e. The molecule has 4 nitrogen and oxygen atoms in total. The van der Waals surface area contributed by atoms with Gasteiger partial charge in [-0.15, -0.1) is 0 Å². The highest BCUT2D eigenvalue weighted by Gasteiger charge is 2.53. The van der Waals surface area contributed by atoms with E-state index in [-0.39, 0.29) is 17.5 Å². The van der Waals surface area contributed by atoms with Crippen LogP contribution < -0.4 is 0 Å². The van der Waals surface area contributed by atoms with E-state index in [1.165, 1.54) is 6.07 Å². The number of benzene rings is 2. The molecule has 1 amide bonds. The normalized spacial score (nSPS) is 28.0. The molecule has 2 aromatic rings. The molecule has 2 fully saturated rings. The van der Waals surface area contributed by atoms with E-state index in [4.69, 9.17) is 9.47 Å². The van der Waals surface area contributed by atoms with Crippen LogP contribution in [-0.4, -0.2) is 29.7 Å². The van der Waals surface area contributed by atoms with Crippen LogP contribution in [0.3, 0.4) is 0 Å². The number of amides is 1. The molecule has 148 valence electrons. The van der Waals surface area contributed by atoms with E-state index >= 15 is 0 Å². The molecule has 2 heterocycles. The maximum absolute atomic E-state index is 14.7. The van der Waals surface area contributed by atoms with E-state index in [1.54, 1.807) is 23.1 Å². The van der Waals surface area contributed by atoms with Crippen molar-refractivity contribution < 1.29 is 18.7 Å². The highest BCUT2D eigenvalue weighted by molar-refractivity contribution is 9.10. The number of carbonyl (C=O) groups is 1. The molecule has 3 unspecified atom stereocenters. The maximum atomic E-state index is 14.7. The van der Waals surface area contributed by atoms with Crippen LogP contribution in [0.2, 0.25) is 0 Å². The largest absolute Gasteiger partial charge is 0.438 e. The van der Waals surface area contributed by atoms with Crippen molar-refractivity contribution in [2.45, 2.75) is 43.9 Å². The second-order valence-corrected chi connectivity index (χ2v) is 8.84. The van der Waals surface area contributed by atoms with Gasteiger partial charge in [0.2, 0.25) is 0 Å². The van der Waals surface area contributed by atoms with E-state index in [0.29, 0.717) is 31.6 Å². The average molecular weight is 448 g/mol. The summed E-state index contributed by atoms with van der Waals surface area (Å²) in [4.78, 5) is 14.7. The molecule has 0 aromatic heterocycles. The third-order valence-electron chi connectivity index (χ3n) is 5.76. The zero-order valence-electron chi connectivity index (χ0n) is 16.0. The Morgan fingerprint density at radius 1 is 1.21 bits per heavy atom. The lowest BCUT2D eigenvalue weighted by Crippen LogP contribution is -2.50. The molecule has 0 saturated carbocycles. The fourth-order valence-electron chi connectivity index (χ4n) is 4.01. The Hall–Kier alpha value is -1.92. The molecule has 0 radical (unpaired) electrons. The van der Waals surface area contributed by atoms with Crippen LogP contribution >= 0.6 is 15.9 Å². The molecule has 2 aliphatic rings. The van der Waals surface area contributed by atoms with Crippen molar-refractivity contribution in [2.75, 3.05) is 13.2 Å². The van der Waals surface area contributed by atoms with E-state index in [2.05, 4.69) is 15.9 Å². The van der Waals surface area contributed by atoms with Gasteiger partial charge in [-0.25, -0.2) is 9.18 Å². The first kappa shape index (κ1) is 19.4. The van der Waals surface area contributed by atoms with Gasteiger partial charge in [0.05, 0.1) is 18.2 Å². The number of rotatable bonds is 5. The second-order valence-electron chi connectivity index (χ2n) is 7.93. The van der Waals surface area contributed by atoms with Gasteiger partial charge in [-0.2, -0.15) is 0 Å². The second kappa shape index (κ2) is 7.16. The van der Waals surface area contributed by atoms with Crippen molar-refractivity contribution in [1.29, 1.82) is 0 Å². The molecule has 6 heteroatoms. The summed E-state index contributed by atoms with van der Waals surface area (Å²) in [5.74, 6) is -0.353. The van der Waals surface area contributed by atoms with Gasteiger partial charge in [0.15, 0.2) is 0 Å². The molecule has 2 saturated heterocycles. The molecule has 4 rings (SSSR count). The smallest absolute Gasteiger partial charge is 0.411 e. The zero-order valence-corrected chi connectivity index (χ0v) is 17.5. The van der Waals surface area contributed by atoms with E-state index < -0.39 is 11.7 Å². The van der Waals surface area contributed by atoms with Crippen molar-refractivity contribution in [3.05, 3.63) is 69.9 Å². The quantitative estimate of drug-likeness (QED) is 0.562. The SMILES string of the molecule is CC(c1ccc(Br)cc1)N1CCC(CC2(C)CO2)(c2ccccc2F)OC1=O. The Morgan fingerprint density at radius 2 is 1.89 bits per heavy atom. The number of nitrogens with zero attached hydrogens (tertiary/aromatic N) is 1. The summed E-state index contributed by atoms with van der Waals surface area (Å²) in [7, 11) is 0. The van der Waals surface area contributed by atoms with Gasteiger partial charge in [-0.1, -0.05) is 46.3 Å². The molecule has 2 aromatic carbocycles. The van der Waals surface area contributed by atoms with Crippen LogP contribution in [0, 0.1) is 5.82 Å². The summed E-state index contributed by atoms with van der Waals surface area (Å²) in [6, 6.07) is 14.3. The van der Waals surface area contributed by atoms with Crippen LogP contribution in [0.15, 0.2) is 53.0 Å². The first-order valence-electron chi connectivity index (χ1n) is 9.46. The number of carbonyl (C=O) groups excluding carboxylic acids is 1. The highest BCUT2D eigenvalue weighted by Crippen LogP contribution is 2.47. The Morgan fingerprint density at radius 3 is 2.50 bits per heavy atom. The van der Waals surface area contributed by atoms with Crippen molar-refractivity contribution in [3.63, 3.8) is 0 Å². The van der Waals surface area contributed by atoms with Crippen LogP contribution in [0.1, 0.15) is 43.9 Å². The van der Waals surface area contributed by atoms with Gasteiger partial charge < -0.3 is 14.4 Å². The molecular formula is C22H23BrFNO3. The minimum Gasteiger partial charge on any atom is -0.438 e. The first-order valence-corrected chi connectivity index (χ1v) is 10.3. The lowest BCUT2D eigenvalue weighted by Gasteiger charge is -2.44.